The molecule has 0 N–H and O–H groups in total. The topological polar surface area (TPSA) is 80.8 Å². The number of fused-ring (bicyclic) bond motifs is 2. The molecule has 1 aromatic rings. The zero-order valence-corrected chi connectivity index (χ0v) is 16.2. The van der Waals surface area contributed by atoms with Crippen LogP contribution in [0.4, 0.5) is 5.69 Å². The van der Waals surface area contributed by atoms with Crippen molar-refractivity contribution in [1.82, 2.24) is 0 Å². The minimum Gasteiger partial charge on any atom is -0.348 e. The van der Waals surface area contributed by atoms with Gasteiger partial charge < -0.3 is 14.4 Å². The first-order valence-electron chi connectivity index (χ1n) is 9.36. The third kappa shape index (κ3) is 1.26. The van der Waals surface area contributed by atoms with E-state index in [1.807, 2.05) is 0 Å². The molecule has 2 aliphatic carbocycles. The minimum atomic E-state index is -1.73. The van der Waals surface area contributed by atoms with Crippen molar-refractivity contribution in [3.05, 3.63) is 42.0 Å². The lowest BCUT2D eigenvalue weighted by Crippen LogP contribution is -2.66. The summed E-state index contributed by atoms with van der Waals surface area (Å²) in [7, 11) is 1.65. The number of anilines is 1. The van der Waals surface area contributed by atoms with E-state index in [4.69, 9.17) is 4.74 Å². The monoisotopic (exact) mass is 379 g/mol. The minimum absolute atomic E-state index is 0.308. The van der Waals surface area contributed by atoms with Crippen LogP contribution >= 0.6 is 0 Å². The van der Waals surface area contributed by atoms with Crippen LogP contribution in [0.2, 0.25) is 0 Å². The molecule has 0 aromatic heterocycles. The van der Waals surface area contributed by atoms with Crippen LogP contribution in [0.3, 0.4) is 0 Å². The van der Waals surface area contributed by atoms with Gasteiger partial charge in [0.25, 0.3) is 5.91 Å². The first-order valence-corrected chi connectivity index (χ1v) is 9.36. The number of carbonyl (C=O) groups excluding carboxylic acids is 4. The molecule has 28 heavy (non-hydrogen) atoms. The Labute approximate surface area is 162 Å². The first kappa shape index (κ1) is 17.5. The number of aldehydes is 1. The van der Waals surface area contributed by atoms with Crippen LogP contribution in [-0.4, -0.2) is 36.9 Å². The Kier molecular flexibility index (Phi) is 2.82. The number of amides is 1. The highest BCUT2D eigenvalue weighted by Crippen LogP contribution is 2.70. The average Bonchev–Trinajstić information content (AvgIpc) is 3.03. The molecule has 1 spiro atoms. The molecule has 1 saturated carbocycles. The summed E-state index contributed by atoms with van der Waals surface area (Å²) >= 11 is 0. The van der Waals surface area contributed by atoms with E-state index in [0.717, 1.165) is 0 Å². The molecule has 2 aliphatic heterocycles. The second-order valence-electron chi connectivity index (χ2n) is 9.04. The van der Waals surface area contributed by atoms with Gasteiger partial charge in [-0.25, -0.2) is 0 Å². The number of ether oxygens (including phenoxy) is 1. The molecular formula is C22H21NO5. The molecule has 4 aliphatic rings. The highest BCUT2D eigenvalue weighted by molar-refractivity contribution is 6.22. The molecule has 5 rings (SSSR count). The predicted octanol–water partition coefficient (Wildman–Crippen LogP) is 1.69. The van der Waals surface area contributed by atoms with E-state index in [2.05, 4.69) is 6.58 Å². The normalized spacial score (nSPS) is 41.9. The summed E-state index contributed by atoms with van der Waals surface area (Å²) in [5.41, 5.74) is -4.13. The molecule has 3 bridgehead atoms. The van der Waals surface area contributed by atoms with E-state index in [1.54, 1.807) is 46.0 Å². The number of benzene rings is 1. The van der Waals surface area contributed by atoms with Gasteiger partial charge in [-0.15, -0.1) is 6.58 Å². The van der Waals surface area contributed by atoms with E-state index in [0.29, 0.717) is 23.1 Å². The maximum atomic E-state index is 13.9. The molecule has 5 atom stereocenters. The number of Topliss-reactive ketones (excluding diaryl/α,β-unsaturated/α-hetero) is 2. The Hall–Kier alpha value is -2.60. The number of hydrogen-bond donors (Lipinski definition) is 0. The van der Waals surface area contributed by atoms with Crippen molar-refractivity contribution in [2.45, 2.75) is 37.9 Å². The average molecular weight is 379 g/mol. The summed E-state index contributed by atoms with van der Waals surface area (Å²) in [6.07, 6.45) is 0.892. The zero-order chi connectivity index (χ0) is 20.4. The van der Waals surface area contributed by atoms with E-state index >= 15 is 0 Å². The lowest BCUT2D eigenvalue weighted by molar-refractivity contribution is -0.168. The van der Waals surface area contributed by atoms with Crippen LogP contribution in [0.5, 0.6) is 0 Å². The fourth-order valence-electron chi connectivity index (χ4n) is 6.26. The van der Waals surface area contributed by atoms with Crippen molar-refractivity contribution in [3.8, 4) is 0 Å². The van der Waals surface area contributed by atoms with Crippen molar-refractivity contribution >= 4 is 29.4 Å². The molecule has 2 heterocycles. The maximum Gasteiger partial charge on any atom is 0.264 e. The second-order valence-corrected chi connectivity index (χ2v) is 9.04. The molecule has 1 amide bonds. The third-order valence-corrected chi connectivity index (χ3v) is 7.92. The quantitative estimate of drug-likeness (QED) is 0.444. The number of nitrogens with zero attached hydrogens (tertiary/aromatic N) is 1. The van der Waals surface area contributed by atoms with Crippen molar-refractivity contribution < 1.29 is 23.9 Å². The van der Waals surface area contributed by atoms with Gasteiger partial charge in [0, 0.05) is 18.0 Å². The van der Waals surface area contributed by atoms with Crippen molar-refractivity contribution in [1.29, 1.82) is 0 Å². The Bertz CT molecular complexity index is 1040. The predicted molar refractivity (Wildman–Crippen MR) is 99.7 cm³/mol. The van der Waals surface area contributed by atoms with Gasteiger partial charge in [-0.1, -0.05) is 32.1 Å². The highest BCUT2D eigenvalue weighted by atomic mass is 16.5. The van der Waals surface area contributed by atoms with Crippen LogP contribution in [0.25, 0.3) is 0 Å². The van der Waals surface area contributed by atoms with E-state index in [1.165, 1.54) is 11.0 Å². The number of hydrogen-bond acceptors (Lipinski definition) is 5. The molecule has 1 aromatic carbocycles. The van der Waals surface area contributed by atoms with Crippen LogP contribution in [0, 0.1) is 16.7 Å². The Morgan fingerprint density at radius 1 is 1.14 bits per heavy atom. The summed E-state index contributed by atoms with van der Waals surface area (Å²) in [6, 6.07) is 5.17. The van der Waals surface area contributed by atoms with Gasteiger partial charge in [0.1, 0.15) is 17.8 Å². The molecule has 144 valence electrons. The van der Waals surface area contributed by atoms with E-state index in [-0.39, 0.29) is 17.5 Å². The standard InChI is InChI=1S/C22H21NO5/c1-6-20(4)17(26)15-14-16(25)21(20,10-24)11-8-7-9-12-13(11)22(28-15,19(14,2)3)18(27)23(12)5/h6-10,14-15H,1H2,2-5H3/t14-,15?,20+,21-,22-/m0/s1. The molecule has 0 radical (unpaired) electrons. The summed E-state index contributed by atoms with van der Waals surface area (Å²) in [6.45, 7) is 8.95. The van der Waals surface area contributed by atoms with Crippen molar-refractivity contribution in [2.24, 2.45) is 16.7 Å². The van der Waals surface area contributed by atoms with Gasteiger partial charge in [-0.05, 0) is 18.6 Å². The van der Waals surface area contributed by atoms with E-state index in [9.17, 15) is 19.2 Å². The SMILES string of the molecule is C=C[C@]1(C)C(=O)C2O[C@]34C(=O)N(C)c5cccc(c53)[C@@]1(C=O)C(=O)[C@H]2C4(C)C. The van der Waals surface area contributed by atoms with Crippen molar-refractivity contribution in [3.63, 3.8) is 0 Å². The maximum absolute atomic E-state index is 13.9. The number of ketones is 2. The largest absolute Gasteiger partial charge is 0.348 e. The molecule has 1 unspecified atom stereocenters. The molecular weight excluding hydrogens is 358 g/mol. The van der Waals surface area contributed by atoms with Crippen LogP contribution in [0.15, 0.2) is 30.9 Å². The molecule has 6 nitrogen and oxygen atoms in total. The van der Waals surface area contributed by atoms with Gasteiger partial charge in [0.2, 0.25) is 0 Å². The number of likely N-dealkylation sites (N-methyl/N-ethyl adjacent to an activating group) is 1. The number of rotatable bonds is 2. The number of carbonyl (C=O) groups is 4. The first-order chi connectivity index (χ1) is 13.1. The van der Waals surface area contributed by atoms with Gasteiger partial charge in [0.05, 0.1) is 17.0 Å². The lowest BCUT2D eigenvalue weighted by atomic mass is 9.49. The van der Waals surface area contributed by atoms with Gasteiger partial charge in [-0.3, -0.25) is 14.4 Å². The fourth-order valence-corrected chi connectivity index (χ4v) is 6.26. The number of allylic oxidation sites excluding steroid dienone is 1. The van der Waals surface area contributed by atoms with Crippen molar-refractivity contribution in [2.75, 3.05) is 11.9 Å². The summed E-state index contributed by atoms with van der Waals surface area (Å²) in [4.78, 5) is 55.3. The second kappa shape index (κ2) is 4.51. The Balaban J connectivity index is 2.07. The molecule has 6 heteroatoms. The van der Waals surface area contributed by atoms with Gasteiger partial charge in [-0.2, -0.15) is 0 Å². The Morgan fingerprint density at radius 2 is 1.82 bits per heavy atom. The van der Waals surface area contributed by atoms with Gasteiger partial charge >= 0.3 is 0 Å². The van der Waals surface area contributed by atoms with Gasteiger partial charge in [0.15, 0.2) is 17.2 Å². The Morgan fingerprint density at radius 3 is 2.43 bits per heavy atom. The highest BCUT2D eigenvalue weighted by Gasteiger charge is 2.82. The lowest BCUT2D eigenvalue weighted by Gasteiger charge is -2.49. The summed E-state index contributed by atoms with van der Waals surface area (Å²) < 4.78 is 6.31. The molecule has 2 fully saturated rings. The van der Waals surface area contributed by atoms with E-state index < -0.39 is 33.9 Å². The van der Waals surface area contributed by atoms with Crippen LogP contribution < -0.4 is 4.90 Å². The van der Waals surface area contributed by atoms with Crippen LogP contribution in [0.1, 0.15) is 31.9 Å². The van der Waals surface area contributed by atoms with Crippen LogP contribution in [-0.2, 0) is 34.9 Å². The third-order valence-electron chi connectivity index (χ3n) is 7.92. The smallest absolute Gasteiger partial charge is 0.264 e. The summed E-state index contributed by atoms with van der Waals surface area (Å²) in [5.74, 6) is -1.94. The molecule has 1 saturated heterocycles. The fraction of sp³-hybridized carbons (Fsp3) is 0.455. The zero-order valence-electron chi connectivity index (χ0n) is 16.2. The summed E-state index contributed by atoms with van der Waals surface area (Å²) in [5, 5.41) is 0.